The third-order valence-corrected chi connectivity index (χ3v) is 7.02. The molecule has 0 radical (unpaired) electrons. The molecule has 1 aromatic carbocycles. The molecule has 2 aromatic rings. The lowest BCUT2D eigenvalue weighted by Gasteiger charge is -2.32. The van der Waals surface area contributed by atoms with Crippen LogP contribution in [-0.4, -0.2) is 41.6 Å². The zero-order chi connectivity index (χ0) is 21.9. The van der Waals surface area contributed by atoms with E-state index in [0.717, 1.165) is 22.1 Å². The first-order chi connectivity index (χ1) is 13.8. The summed E-state index contributed by atoms with van der Waals surface area (Å²) < 4.78 is 25.3. The zero-order valence-electron chi connectivity index (χ0n) is 19.3. The predicted octanol–water partition coefficient (Wildman–Crippen LogP) is 3.35. The van der Waals surface area contributed by atoms with Crippen LogP contribution in [0.1, 0.15) is 55.4 Å². The van der Waals surface area contributed by atoms with E-state index in [-0.39, 0.29) is 0 Å². The minimum absolute atomic E-state index is 0.410. The summed E-state index contributed by atoms with van der Waals surface area (Å²) in [6, 6.07) is 10.3. The van der Waals surface area contributed by atoms with E-state index in [4.69, 9.17) is 18.6 Å². The molecule has 158 valence electrons. The minimum Gasteiger partial charge on any atom is -0.399 e. The largest absolute Gasteiger partial charge is 0.494 e. The molecule has 0 amide bonds. The fraction of sp³-hybridized carbons (Fsp3) is 0.522. The molecule has 30 heavy (non-hydrogen) atoms. The van der Waals surface area contributed by atoms with Crippen LogP contribution in [0, 0.1) is 0 Å². The van der Waals surface area contributed by atoms with E-state index >= 15 is 0 Å². The van der Waals surface area contributed by atoms with Crippen molar-refractivity contribution in [3.05, 3.63) is 42.7 Å². The molecule has 2 fully saturated rings. The molecule has 5 nitrogen and oxygen atoms in total. The Kier molecular flexibility index (Phi) is 4.98. The van der Waals surface area contributed by atoms with E-state index in [1.54, 1.807) is 6.20 Å². The summed E-state index contributed by atoms with van der Waals surface area (Å²) in [5.74, 6) is 0. The van der Waals surface area contributed by atoms with Crippen molar-refractivity contribution in [3.63, 3.8) is 0 Å². The third-order valence-electron chi connectivity index (χ3n) is 7.02. The van der Waals surface area contributed by atoms with Crippen molar-refractivity contribution in [2.45, 2.75) is 77.8 Å². The van der Waals surface area contributed by atoms with Gasteiger partial charge in [-0.25, -0.2) is 0 Å². The molecular formula is C23H31B2NO4. The van der Waals surface area contributed by atoms with Crippen molar-refractivity contribution in [2.75, 3.05) is 0 Å². The van der Waals surface area contributed by atoms with E-state index in [9.17, 15) is 0 Å². The van der Waals surface area contributed by atoms with Crippen molar-refractivity contribution in [2.24, 2.45) is 0 Å². The number of pyridine rings is 1. The normalized spacial score (nSPS) is 23.7. The molecule has 0 N–H and O–H groups in total. The molecule has 0 aliphatic carbocycles. The Balaban J connectivity index is 1.77. The number of hydrogen-bond donors (Lipinski definition) is 0. The summed E-state index contributed by atoms with van der Waals surface area (Å²) in [7, 11) is -0.930. The Bertz CT molecular complexity index is 857. The van der Waals surface area contributed by atoms with Gasteiger partial charge in [-0.1, -0.05) is 24.3 Å². The van der Waals surface area contributed by atoms with Crippen molar-refractivity contribution in [1.82, 2.24) is 4.98 Å². The van der Waals surface area contributed by atoms with Crippen molar-refractivity contribution >= 4 is 25.2 Å². The lowest BCUT2D eigenvalue weighted by molar-refractivity contribution is 0.00578. The van der Waals surface area contributed by atoms with E-state index < -0.39 is 36.6 Å². The lowest BCUT2D eigenvalue weighted by Crippen LogP contribution is -2.41. The summed E-state index contributed by atoms with van der Waals surface area (Å²) >= 11 is 0. The standard InChI is InChI=1S/C23H31B2NO4/c1-20(2)21(3,4)28-24(27-20)18-12-17(16-10-9-11-26-15-16)13-19(14-18)25-29-22(5,6)23(7,8)30-25/h9-15H,1-8H3. The highest BCUT2D eigenvalue weighted by Crippen LogP contribution is 2.38. The zero-order valence-corrected chi connectivity index (χ0v) is 19.3. The van der Waals surface area contributed by atoms with E-state index in [2.05, 4.69) is 78.6 Å². The molecule has 0 bridgehead atoms. The molecule has 0 saturated carbocycles. The molecule has 1 aromatic heterocycles. The molecule has 0 unspecified atom stereocenters. The van der Waals surface area contributed by atoms with E-state index in [1.807, 2.05) is 18.3 Å². The second kappa shape index (κ2) is 6.92. The van der Waals surface area contributed by atoms with E-state index in [0.29, 0.717) is 0 Å². The Morgan fingerprint density at radius 1 is 0.633 bits per heavy atom. The fourth-order valence-electron chi connectivity index (χ4n) is 3.61. The van der Waals surface area contributed by atoms with Crippen LogP contribution >= 0.6 is 0 Å². The molecule has 2 aliphatic heterocycles. The SMILES string of the molecule is CC1(C)OB(c2cc(B3OC(C)(C)C(C)(C)O3)cc(-c3cccnc3)c2)OC1(C)C. The molecule has 3 heterocycles. The molecular weight excluding hydrogens is 376 g/mol. The van der Waals surface area contributed by atoms with Crippen LogP contribution in [0.15, 0.2) is 42.7 Å². The van der Waals surface area contributed by atoms with E-state index in [1.165, 1.54) is 0 Å². The molecule has 2 saturated heterocycles. The van der Waals surface area contributed by atoms with Gasteiger partial charge in [0.2, 0.25) is 0 Å². The maximum atomic E-state index is 6.32. The number of rotatable bonds is 3. The predicted molar refractivity (Wildman–Crippen MR) is 121 cm³/mol. The Labute approximate surface area is 180 Å². The quantitative estimate of drug-likeness (QED) is 0.731. The Morgan fingerprint density at radius 2 is 1.07 bits per heavy atom. The fourth-order valence-corrected chi connectivity index (χ4v) is 3.61. The van der Waals surface area contributed by atoms with Gasteiger partial charge >= 0.3 is 14.2 Å². The first-order valence-corrected chi connectivity index (χ1v) is 10.6. The average molecular weight is 407 g/mol. The van der Waals surface area contributed by atoms with Gasteiger partial charge in [-0.2, -0.15) is 0 Å². The summed E-state index contributed by atoms with van der Waals surface area (Å²) in [6.45, 7) is 16.5. The van der Waals surface area contributed by atoms with Crippen LogP contribution in [0.4, 0.5) is 0 Å². The summed E-state index contributed by atoms with van der Waals surface area (Å²) in [5.41, 5.74) is 2.30. The van der Waals surface area contributed by atoms with Crippen LogP contribution in [-0.2, 0) is 18.6 Å². The maximum Gasteiger partial charge on any atom is 0.494 e. The molecule has 0 atom stereocenters. The van der Waals surface area contributed by atoms with Crippen LogP contribution in [0.25, 0.3) is 11.1 Å². The van der Waals surface area contributed by atoms with Gasteiger partial charge in [0.1, 0.15) is 0 Å². The van der Waals surface area contributed by atoms with Gasteiger partial charge in [0.25, 0.3) is 0 Å². The van der Waals surface area contributed by atoms with Crippen molar-refractivity contribution in [1.29, 1.82) is 0 Å². The van der Waals surface area contributed by atoms with Crippen LogP contribution in [0.3, 0.4) is 0 Å². The van der Waals surface area contributed by atoms with Gasteiger partial charge in [-0.3, -0.25) is 4.98 Å². The second-order valence-corrected chi connectivity index (χ2v) is 10.3. The maximum absolute atomic E-state index is 6.32. The van der Waals surface area contributed by atoms with Gasteiger partial charge in [-0.05, 0) is 83.5 Å². The highest BCUT2D eigenvalue weighted by atomic mass is 16.7. The highest BCUT2D eigenvalue weighted by molar-refractivity contribution is 6.66. The molecule has 2 aliphatic rings. The van der Waals surface area contributed by atoms with Crippen molar-refractivity contribution < 1.29 is 18.6 Å². The summed E-state index contributed by atoms with van der Waals surface area (Å²) in [6.07, 6.45) is 3.63. The second-order valence-electron chi connectivity index (χ2n) is 10.3. The average Bonchev–Trinajstić information content (AvgIpc) is 3.02. The molecule has 7 heteroatoms. The number of nitrogens with zero attached hydrogens (tertiary/aromatic N) is 1. The van der Waals surface area contributed by atoms with Crippen LogP contribution in [0.5, 0.6) is 0 Å². The number of hydrogen-bond acceptors (Lipinski definition) is 5. The first kappa shape index (κ1) is 21.6. The Hall–Kier alpha value is -1.66. The van der Waals surface area contributed by atoms with Crippen LogP contribution in [0.2, 0.25) is 0 Å². The highest BCUT2D eigenvalue weighted by Gasteiger charge is 2.54. The third kappa shape index (κ3) is 3.62. The smallest absolute Gasteiger partial charge is 0.399 e. The first-order valence-electron chi connectivity index (χ1n) is 10.6. The summed E-state index contributed by atoms with van der Waals surface area (Å²) in [5, 5.41) is 0. The van der Waals surface area contributed by atoms with Gasteiger partial charge in [-0.15, -0.1) is 0 Å². The summed E-state index contributed by atoms with van der Waals surface area (Å²) in [4.78, 5) is 4.28. The molecule has 0 spiro atoms. The van der Waals surface area contributed by atoms with Crippen molar-refractivity contribution in [3.8, 4) is 11.1 Å². The van der Waals surface area contributed by atoms with Gasteiger partial charge in [0, 0.05) is 12.4 Å². The topological polar surface area (TPSA) is 49.8 Å². The van der Waals surface area contributed by atoms with Gasteiger partial charge in [0.05, 0.1) is 22.4 Å². The van der Waals surface area contributed by atoms with Crippen LogP contribution < -0.4 is 10.9 Å². The van der Waals surface area contributed by atoms with Gasteiger partial charge in [0.15, 0.2) is 0 Å². The number of benzene rings is 1. The lowest BCUT2D eigenvalue weighted by atomic mass is 9.70. The Morgan fingerprint density at radius 3 is 1.43 bits per heavy atom. The minimum atomic E-state index is -0.465. The monoisotopic (exact) mass is 407 g/mol. The molecule has 4 rings (SSSR count). The van der Waals surface area contributed by atoms with Gasteiger partial charge < -0.3 is 18.6 Å². The number of aromatic nitrogens is 1.